The molecule has 0 atom stereocenters. The summed E-state index contributed by atoms with van der Waals surface area (Å²) in [6.07, 6.45) is 0. The van der Waals surface area contributed by atoms with Gasteiger partial charge in [0.1, 0.15) is 0 Å². The molecule has 8 heteroatoms. The van der Waals surface area contributed by atoms with E-state index in [2.05, 4.69) is 0 Å². The van der Waals surface area contributed by atoms with E-state index in [1.807, 2.05) is 0 Å². The van der Waals surface area contributed by atoms with Crippen molar-refractivity contribution in [2.75, 3.05) is 9.80 Å². The molecule has 0 aromatic heterocycles. The van der Waals surface area contributed by atoms with Crippen LogP contribution in [0.3, 0.4) is 0 Å². The summed E-state index contributed by atoms with van der Waals surface area (Å²) < 4.78 is 0. The second-order valence-corrected chi connectivity index (χ2v) is 7.03. The van der Waals surface area contributed by atoms with Gasteiger partial charge in [-0.15, -0.1) is 0 Å². The number of amides is 4. The van der Waals surface area contributed by atoms with Crippen molar-refractivity contribution in [2.24, 2.45) is 0 Å². The second-order valence-electron chi connectivity index (χ2n) is 7.03. The molecule has 0 fully saturated rings. The van der Waals surface area contributed by atoms with Crippen LogP contribution in [0.4, 0.5) is 11.4 Å². The number of fused-ring (bicyclic) bond motifs is 2. The SMILES string of the molecule is O=C(O)c1cc(N2C(=O)c3ccccc3C2=O)cc(N2C(=O)c3ccccc3C2=O)c1. The highest BCUT2D eigenvalue weighted by atomic mass is 16.4. The van der Waals surface area contributed by atoms with Crippen LogP contribution in [0.1, 0.15) is 51.8 Å². The Labute approximate surface area is 174 Å². The van der Waals surface area contributed by atoms with Gasteiger partial charge in [-0.2, -0.15) is 0 Å². The molecule has 0 saturated heterocycles. The maximum absolute atomic E-state index is 12.8. The van der Waals surface area contributed by atoms with E-state index in [1.165, 1.54) is 30.3 Å². The van der Waals surface area contributed by atoms with Crippen LogP contribution in [0, 0.1) is 0 Å². The number of carbonyl (C=O) groups is 5. The van der Waals surface area contributed by atoms with Gasteiger partial charge in [-0.1, -0.05) is 24.3 Å². The molecule has 0 radical (unpaired) electrons. The maximum Gasteiger partial charge on any atom is 0.335 e. The molecule has 3 aromatic carbocycles. The van der Waals surface area contributed by atoms with Gasteiger partial charge < -0.3 is 5.11 Å². The molecule has 5 rings (SSSR count). The van der Waals surface area contributed by atoms with Crippen molar-refractivity contribution in [2.45, 2.75) is 0 Å². The highest BCUT2D eigenvalue weighted by molar-refractivity contribution is 6.36. The zero-order valence-electron chi connectivity index (χ0n) is 15.7. The van der Waals surface area contributed by atoms with E-state index in [1.54, 1.807) is 24.3 Å². The lowest BCUT2D eigenvalue weighted by atomic mass is 10.1. The predicted molar refractivity (Wildman–Crippen MR) is 109 cm³/mol. The molecule has 2 aliphatic heterocycles. The van der Waals surface area contributed by atoms with Crippen LogP contribution in [0.25, 0.3) is 0 Å². The number of nitrogens with zero attached hydrogens (tertiary/aromatic N) is 2. The Balaban J connectivity index is 1.65. The molecule has 1 N–H and O–H groups in total. The Hall–Kier alpha value is -4.59. The Morgan fingerprint density at radius 3 is 1.19 bits per heavy atom. The smallest absolute Gasteiger partial charge is 0.335 e. The quantitative estimate of drug-likeness (QED) is 0.662. The van der Waals surface area contributed by atoms with Crippen molar-refractivity contribution in [3.05, 3.63) is 94.5 Å². The number of carbonyl (C=O) groups excluding carboxylic acids is 4. The predicted octanol–water partition coefficient (Wildman–Crippen LogP) is 2.99. The summed E-state index contributed by atoms with van der Waals surface area (Å²) in [4.78, 5) is 64.8. The number of carboxylic acids is 1. The fraction of sp³-hybridized carbons (Fsp3) is 0. The van der Waals surface area contributed by atoms with E-state index >= 15 is 0 Å². The van der Waals surface area contributed by atoms with Gasteiger partial charge in [-0.25, -0.2) is 14.6 Å². The minimum absolute atomic E-state index is 0.0438. The summed E-state index contributed by atoms with van der Waals surface area (Å²) in [5, 5.41) is 9.55. The van der Waals surface area contributed by atoms with Crippen LogP contribution in [0.15, 0.2) is 66.7 Å². The second kappa shape index (κ2) is 6.46. The number of carboxylic acid groups (broad SMARTS) is 1. The highest BCUT2D eigenvalue weighted by Crippen LogP contribution is 2.35. The standard InChI is InChI=1S/C23H12N2O6/c26-19-15-5-1-2-6-16(15)20(27)24(19)13-9-12(23(30)31)10-14(11-13)25-21(28)17-7-3-4-8-18(17)22(25)29/h1-11H,(H,30,31). The lowest BCUT2D eigenvalue weighted by Crippen LogP contribution is -2.32. The molecule has 150 valence electrons. The Morgan fingerprint density at radius 2 is 0.903 bits per heavy atom. The van der Waals surface area contributed by atoms with Gasteiger partial charge in [0.2, 0.25) is 0 Å². The van der Waals surface area contributed by atoms with Gasteiger partial charge in [0.25, 0.3) is 23.6 Å². The molecule has 0 bridgehead atoms. The third kappa shape index (κ3) is 2.58. The average molecular weight is 412 g/mol. The number of hydrogen-bond acceptors (Lipinski definition) is 5. The molecule has 8 nitrogen and oxygen atoms in total. The Morgan fingerprint density at radius 1 is 0.581 bits per heavy atom. The third-order valence-electron chi connectivity index (χ3n) is 5.25. The first-order valence-electron chi connectivity index (χ1n) is 9.22. The number of hydrogen-bond donors (Lipinski definition) is 1. The number of anilines is 2. The number of imide groups is 2. The Kier molecular flexibility index (Phi) is 3.84. The van der Waals surface area contributed by atoms with Crippen molar-refractivity contribution in [1.29, 1.82) is 0 Å². The van der Waals surface area contributed by atoms with Gasteiger partial charge in [-0.05, 0) is 42.5 Å². The molecule has 0 spiro atoms. The van der Waals surface area contributed by atoms with Crippen molar-refractivity contribution >= 4 is 41.0 Å². The largest absolute Gasteiger partial charge is 0.478 e. The van der Waals surface area contributed by atoms with Crippen LogP contribution in [0.5, 0.6) is 0 Å². The van der Waals surface area contributed by atoms with Crippen LogP contribution >= 0.6 is 0 Å². The molecule has 0 aliphatic carbocycles. The van der Waals surface area contributed by atoms with Gasteiger partial charge >= 0.3 is 5.97 Å². The minimum atomic E-state index is -1.34. The first-order valence-corrected chi connectivity index (χ1v) is 9.22. The molecular weight excluding hydrogens is 400 g/mol. The molecule has 3 aromatic rings. The molecule has 31 heavy (non-hydrogen) atoms. The van der Waals surface area contributed by atoms with Gasteiger partial charge in [0.15, 0.2) is 0 Å². The molecule has 2 aliphatic rings. The van der Waals surface area contributed by atoms with E-state index in [0.29, 0.717) is 0 Å². The van der Waals surface area contributed by atoms with Crippen molar-refractivity contribution < 1.29 is 29.1 Å². The summed E-state index contributed by atoms with van der Waals surface area (Å²) in [5.41, 5.74) is 0.396. The lowest BCUT2D eigenvalue weighted by Gasteiger charge is -2.20. The van der Waals surface area contributed by atoms with E-state index in [0.717, 1.165) is 21.9 Å². The van der Waals surface area contributed by atoms with Crippen molar-refractivity contribution in [3.8, 4) is 0 Å². The maximum atomic E-state index is 12.8. The molecule has 0 unspecified atom stereocenters. The first kappa shape index (κ1) is 18.4. The van der Waals surface area contributed by atoms with Crippen molar-refractivity contribution in [3.63, 3.8) is 0 Å². The summed E-state index contributed by atoms with van der Waals surface area (Å²) in [7, 11) is 0. The zero-order chi connectivity index (χ0) is 21.9. The normalized spacial score (nSPS) is 14.8. The topological polar surface area (TPSA) is 112 Å². The van der Waals surface area contributed by atoms with Crippen LogP contribution in [-0.2, 0) is 0 Å². The summed E-state index contributed by atoms with van der Waals surface area (Å²) in [6.45, 7) is 0. The van der Waals surface area contributed by atoms with Gasteiger partial charge in [-0.3, -0.25) is 19.2 Å². The fourth-order valence-corrected chi connectivity index (χ4v) is 3.82. The number of aromatic carboxylic acids is 1. The number of benzene rings is 3. The molecule has 2 heterocycles. The average Bonchev–Trinajstić information content (AvgIpc) is 3.18. The van der Waals surface area contributed by atoms with E-state index in [-0.39, 0.29) is 39.2 Å². The minimum Gasteiger partial charge on any atom is -0.478 e. The summed E-state index contributed by atoms with van der Waals surface area (Å²) >= 11 is 0. The van der Waals surface area contributed by atoms with Gasteiger partial charge in [0.05, 0.1) is 39.2 Å². The van der Waals surface area contributed by atoms with E-state index in [4.69, 9.17) is 0 Å². The van der Waals surface area contributed by atoms with Crippen LogP contribution in [-0.4, -0.2) is 34.7 Å². The highest BCUT2D eigenvalue weighted by Gasteiger charge is 2.39. The van der Waals surface area contributed by atoms with Gasteiger partial charge in [0, 0.05) is 0 Å². The molecular formula is C23H12N2O6. The van der Waals surface area contributed by atoms with E-state index in [9.17, 15) is 29.1 Å². The lowest BCUT2D eigenvalue weighted by molar-refractivity contribution is 0.0694. The fourth-order valence-electron chi connectivity index (χ4n) is 3.82. The van der Waals surface area contributed by atoms with Crippen LogP contribution in [0.2, 0.25) is 0 Å². The van der Waals surface area contributed by atoms with E-state index < -0.39 is 29.6 Å². The monoisotopic (exact) mass is 412 g/mol. The first-order chi connectivity index (χ1) is 14.9. The van der Waals surface area contributed by atoms with Crippen molar-refractivity contribution in [1.82, 2.24) is 0 Å². The number of rotatable bonds is 3. The zero-order valence-corrected chi connectivity index (χ0v) is 15.7. The third-order valence-corrected chi connectivity index (χ3v) is 5.25. The Bertz CT molecular complexity index is 1200. The van der Waals surface area contributed by atoms with Crippen LogP contribution < -0.4 is 9.80 Å². The molecule has 4 amide bonds. The summed E-state index contributed by atoms with van der Waals surface area (Å²) in [5.74, 6) is -3.79. The molecule has 0 saturated carbocycles. The summed E-state index contributed by atoms with van der Waals surface area (Å²) in [6, 6.07) is 16.1.